The number of rotatable bonds is 2. The van der Waals surface area contributed by atoms with Gasteiger partial charge in [0.2, 0.25) is 5.75 Å². The fourth-order valence-electron chi connectivity index (χ4n) is 2.51. The summed E-state index contributed by atoms with van der Waals surface area (Å²) in [7, 11) is 1.65. The average Bonchev–Trinajstić information content (AvgIpc) is 2.34. The lowest BCUT2D eigenvalue weighted by molar-refractivity contribution is 0.161. The summed E-state index contributed by atoms with van der Waals surface area (Å²) in [6, 6.07) is 3.94. The van der Waals surface area contributed by atoms with Crippen LogP contribution in [-0.2, 0) is 5.54 Å². The maximum absolute atomic E-state index is 6.36. The summed E-state index contributed by atoms with van der Waals surface area (Å²) in [5.74, 6) is 2.19. The molecule has 1 aromatic rings. The fourth-order valence-corrected chi connectivity index (χ4v) is 2.51. The molecular weight excluding hydrogens is 218 g/mol. The third-order valence-corrected chi connectivity index (χ3v) is 3.65. The van der Waals surface area contributed by atoms with Crippen LogP contribution in [0, 0.1) is 0 Å². The molecular formula is C13H17NO3. The van der Waals surface area contributed by atoms with Gasteiger partial charge >= 0.3 is 0 Å². The summed E-state index contributed by atoms with van der Waals surface area (Å²) >= 11 is 0. The Balaban J connectivity index is 2.10. The van der Waals surface area contributed by atoms with Gasteiger partial charge in [-0.15, -0.1) is 0 Å². The largest absolute Gasteiger partial charge is 0.492 e. The third kappa shape index (κ3) is 1.55. The molecule has 0 spiro atoms. The molecule has 4 heteroatoms. The van der Waals surface area contributed by atoms with Gasteiger partial charge in [0.15, 0.2) is 11.5 Å². The van der Waals surface area contributed by atoms with E-state index in [1.807, 2.05) is 12.1 Å². The van der Waals surface area contributed by atoms with Crippen LogP contribution in [0.15, 0.2) is 12.1 Å². The van der Waals surface area contributed by atoms with Crippen molar-refractivity contribution in [2.75, 3.05) is 20.3 Å². The van der Waals surface area contributed by atoms with Crippen LogP contribution in [0.25, 0.3) is 0 Å². The summed E-state index contributed by atoms with van der Waals surface area (Å²) in [4.78, 5) is 0. The van der Waals surface area contributed by atoms with Gasteiger partial charge < -0.3 is 19.9 Å². The molecule has 1 aliphatic heterocycles. The Hall–Kier alpha value is -1.42. The van der Waals surface area contributed by atoms with E-state index in [0.29, 0.717) is 19.0 Å². The van der Waals surface area contributed by atoms with Gasteiger partial charge in [0.1, 0.15) is 13.2 Å². The Morgan fingerprint density at radius 3 is 2.65 bits per heavy atom. The molecule has 0 radical (unpaired) electrons. The summed E-state index contributed by atoms with van der Waals surface area (Å²) in [5.41, 5.74) is 7.15. The molecule has 1 aromatic carbocycles. The Morgan fingerprint density at radius 1 is 1.24 bits per heavy atom. The Bertz CT molecular complexity index is 441. The molecule has 1 fully saturated rings. The van der Waals surface area contributed by atoms with Crippen molar-refractivity contribution in [3.63, 3.8) is 0 Å². The molecule has 92 valence electrons. The molecule has 0 saturated heterocycles. The van der Waals surface area contributed by atoms with Crippen LogP contribution in [0.1, 0.15) is 24.8 Å². The number of ether oxygens (including phenoxy) is 3. The minimum Gasteiger partial charge on any atom is -0.492 e. The van der Waals surface area contributed by atoms with Gasteiger partial charge in [-0.25, -0.2) is 0 Å². The number of nitrogens with two attached hydrogens (primary N) is 1. The Kier molecular flexibility index (Phi) is 2.40. The molecule has 0 amide bonds. The molecule has 1 heterocycles. The maximum atomic E-state index is 6.36. The quantitative estimate of drug-likeness (QED) is 0.849. The Morgan fingerprint density at radius 2 is 2.00 bits per heavy atom. The molecule has 0 unspecified atom stereocenters. The highest BCUT2D eigenvalue weighted by Crippen LogP contribution is 2.49. The predicted octanol–water partition coefficient (Wildman–Crippen LogP) is 1.80. The first-order chi connectivity index (χ1) is 8.24. The first-order valence-corrected chi connectivity index (χ1v) is 6.00. The molecule has 0 atom stereocenters. The third-order valence-electron chi connectivity index (χ3n) is 3.65. The van der Waals surface area contributed by atoms with Crippen molar-refractivity contribution < 1.29 is 14.2 Å². The normalized spacial score (nSPS) is 20.6. The van der Waals surface area contributed by atoms with Crippen LogP contribution in [0.5, 0.6) is 17.2 Å². The van der Waals surface area contributed by atoms with Gasteiger partial charge in [0, 0.05) is 11.1 Å². The van der Waals surface area contributed by atoms with E-state index in [0.717, 1.165) is 29.9 Å². The van der Waals surface area contributed by atoms with Crippen LogP contribution in [0.2, 0.25) is 0 Å². The molecule has 17 heavy (non-hydrogen) atoms. The molecule has 0 bridgehead atoms. The van der Waals surface area contributed by atoms with Crippen LogP contribution in [-0.4, -0.2) is 20.3 Å². The SMILES string of the molecule is COc1c(C2(N)CCC2)ccc2c1OCCO2. The van der Waals surface area contributed by atoms with Crippen molar-refractivity contribution in [2.24, 2.45) is 5.73 Å². The first-order valence-electron chi connectivity index (χ1n) is 6.00. The zero-order chi connectivity index (χ0) is 11.9. The van der Waals surface area contributed by atoms with E-state index < -0.39 is 0 Å². The lowest BCUT2D eigenvalue weighted by atomic mass is 9.72. The van der Waals surface area contributed by atoms with Crippen molar-refractivity contribution in [3.8, 4) is 17.2 Å². The molecule has 1 aliphatic carbocycles. The predicted molar refractivity (Wildman–Crippen MR) is 63.7 cm³/mol. The number of methoxy groups -OCH3 is 1. The van der Waals surface area contributed by atoms with Gasteiger partial charge in [0.25, 0.3) is 0 Å². The first kappa shape index (κ1) is 10.7. The van der Waals surface area contributed by atoms with Crippen molar-refractivity contribution in [1.29, 1.82) is 0 Å². The van der Waals surface area contributed by atoms with E-state index in [4.69, 9.17) is 19.9 Å². The fraction of sp³-hybridized carbons (Fsp3) is 0.538. The van der Waals surface area contributed by atoms with Crippen LogP contribution >= 0.6 is 0 Å². The number of fused-ring (bicyclic) bond motifs is 1. The van der Waals surface area contributed by atoms with Crippen LogP contribution in [0.3, 0.4) is 0 Å². The van der Waals surface area contributed by atoms with Crippen molar-refractivity contribution in [3.05, 3.63) is 17.7 Å². The Labute approximate surface area is 101 Å². The minimum absolute atomic E-state index is 0.249. The highest BCUT2D eigenvalue weighted by molar-refractivity contribution is 5.58. The molecule has 3 rings (SSSR count). The second-order valence-corrected chi connectivity index (χ2v) is 4.68. The second kappa shape index (κ2) is 3.81. The van der Waals surface area contributed by atoms with E-state index in [1.54, 1.807) is 7.11 Å². The van der Waals surface area contributed by atoms with E-state index in [9.17, 15) is 0 Å². The average molecular weight is 235 g/mol. The lowest BCUT2D eigenvalue weighted by Gasteiger charge is -2.40. The zero-order valence-corrected chi connectivity index (χ0v) is 9.99. The van der Waals surface area contributed by atoms with Crippen molar-refractivity contribution in [2.45, 2.75) is 24.8 Å². The monoisotopic (exact) mass is 235 g/mol. The molecule has 2 aliphatic rings. The lowest BCUT2D eigenvalue weighted by Crippen LogP contribution is -2.43. The highest BCUT2D eigenvalue weighted by atomic mass is 16.6. The highest BCUT2D eigenvalue weighted by Gasteiger charge is 2.38. The number of hydrogen-bond donors (Lipinski definition) is 1. The standard InChI is InChI=1S/C13H17NO3/c1-15-11-9(13(14)5-2-6-13)3-4-10-12(11)17-8-7-16-10/h3-4H,2,5-8,14H2,1H3. The summed E-state index contributed by atoms with van der Waals surface area (Å²) < 4.78 is 16.7. The van der Waals surface area contributed by atoms with Crippen LogP contribution < -0.4 is 19.9 Å². The van der Waals surface area contributed by atoms with Gasteiger partial charge in [-0.1, -0.05) is 0 Å². The van der Waals surface area contributed by atoms with Gasteiger partial charge in [-0.05, 0) is 31.4 Å². The number of hydrogen-bond acceptors (Lipinski definition) is 4. The van der Waals surface area contributed by atoms with E-state index in [-0.39, 0.29) is 5.54 Å². The smallest absolute Gasteiger partial charge is 0.204 e. The summed E-state index contributed by atoms with van der Waals surface area (Å²) in [5, 5.41) is 0. The summed E-state index contributed by atoms with van der Waals surface area (Å²) in [6.07, 6.45) is 3.18. The van der Waals surface area contributed by atoms with Gasteiger partial charge in [0.05, 0.1) is 7.11 Å². The van der Waals surface area contributed by atoms with E-state index in [2.05, 4.69) is 0 Å². The van der Waals surface area contributed by atoms with Crippen molar-refractivity contribution in [1.82, 2.24) is 0 Å². The molecule has 2 N–H and O–H groups in total. The van der Waals surface area contributed by atoms with Crippen LogP contribution in [0.4, 0.5) is 0 Å². The van der Waals surface area contributed by atoms with Gasteiger partial charge in [-0.3, -0.25) is 0 Å². The minimum atomic E-state index is -0.249. The molecule has 4 nitrogen and oxygen atoms in total. The zero-order valence-electron chi connectivity index (χ0n) is 9.99. The van der Waals surface area contributed by atoms with E-state index in [1.165, 1.54) is 6.42 Å². The van der Waals surface area contributed by atoms with Crippen molar-refractivity contribution >= 4 is 0 Å². The molecule has 1 saturated carbocycles. The summed E-state index contributed by atoms with van der Waals surface area (Å²) in [6.45, 7) is 1.15. The molecule has 0 aromatic heterocycles. The number of benzene rings is 1. The van der Waals surface area contributed by atoms with Gasteiger partial charge in [-0.2, -0.15) is 0 Å². The second-order valence-electron chi connectivity index (χ2n) is 4.68. The maximum Gasteiger partial charge on any atom is 0.204 e. The topological polar surface area (TPSA) is 53.7 Å². The van der Waals surface area contributed by atoms with E-state index >= 15 is 0 Å².